The minimum atomic E-state index is -0.266. The smallest absolute Gasteiger partial charge is 0.326 e. The van der Waals surface area contributed by atoms with Gasteiger partial charge in [0.15, 0.2) is 0 Å². The normalized spacial score (nSPS) is 14.6. The number of benzene rings is 1. The monoisotopic (exact) mass is 277 g/mol. The molecular formula is C15H23N3O2. The fourth-order valence-electron chi connectivity index (χ4n) is 2.06. The predicted molar refractivity (Wildman–Crippen MR) is 80.9 cm³/mol. The maximum absolute atomic E-state index is 11.9. The van der Waals surface area contributed by atoms with Crippen molar-refractivity contribution in [2.24, 2.45) is 5.73 Å². The third kappa shape index (κ3) is 3.49. The molecule has 0 saturated heterocycles. The predicted octanol–water partition coefficient (Wildman–Crippen LogP) is 1.86. The lowest BCUT2D eigenvalue weighted by atomic mass is 10.0. The Balaban J connectivity index is 1.88. The van der Waals surface area contributed by atoms with Crippen LogP contribution in [0.15, 0.2) is 29.1 Å². The summed E-state index contributed by atoms with van der Waals surface area (Å²) in [5.74, 6) is 0. The van der Waals surface area contributed by atoms with Crippen LogP contribution in [0.5, 0.6) is 0 Å². The molecule has 0 aliphatic rings. The van der Waals surface area contributed by atoms with Crippen LogP contribution in [-0.4, -0.2) is 28.3 Å². The number of imidazole rings is 1. The molecule has 0 radical (unpaired) electrons. The maximum Gasteiger partial charge on any atom is 0.326 e. The first-order chi connectivity index (χ1) is 9.53. The number of fused-ring (bicyclic) bond motifs is 1. The molecule has 0 spiro atoms. The molecule has 1 unspecified atom stereocenters. The van der Waals surface area contributed by atoms with Crippen molar-refractivity contribution < 1.29 is 4.74 Å². The van der Waals surface area contributed by atoms with E-state index in [9.17, 15) is 4.79 Å². The molecular weight excluding hydrogens is 254 g/mol. The van der Waals surface area contributed by atoms with E-state index >= 15 is 0 Å². The molecule has 2 rings (SSSR count). The lowest BCUT2D eigenvalue weighted by molar-refractivity contribution is 0.0857. The lowest BCUT2D eigenvalue weighted by Gasteiger charge is -2.22. The first kappa shape index (κ1) is 14.8. The second-order valence-corrected chi connectivity index (χ2v) is 5.51. The minimum absolute atomic E-state index is 0.0663. The summed E-state index contributed by atoms with van der Waals surface area (Å²) < 4.78 is 7.34. The third-order valence-corrected chi connectivity index (χ3v) is 3.59. The van der Waals surface area contributed by atoms with Crippen molar-refractivity contribution in [2.75, 3.05) is 13.2 Å². The molecule has 1 atom stereocenters. The number of hydrogen-bond acceptors (Lipinski definition) is 3. The Hall–Kier alpha value is -1.59. The van der Waals surface area contributed by atoms with E-state index in [1.165, 1.54) is 0 Å². The van der Waals surface area contributed by atoms with Gasteiger partial charge in [-0.3, -0.25) is 4.57 Å². The minimum Gasteiger partial charge on any atom is -0.379 e. The van der Waals surface area contributed by atoms with Crippen molar-refractivity contribution in [1.29, 1.82) is 0 Å². The number of H-pyrrole nitrogens is 1. The molecule has 3 N–H and O–H groups in total. The first-order valence-electron chi connectivity index (χ1n) is 7.08. The van der Waals surface area contributed by atoms with E-state index < -0.39 is 0 Å². The van der Waals surface area contributed by atoms with Crippen molar-refractivity contribution in [3.05, 3.63) is 34.7 Å². The Morgan fingerprint density at radius 1 is 1.40 bits per heavy atom. The van der Waals surface area contributed by atoms with Gasteiger partial charge in [0.2, 0.25) is 0 Å². The molecule has 1 aromatic heterocycles. The summed E-state index contributed by atoms with van der Waals surface area (Å²) in [5, 5.41) is 0. The number of nitrogens with two attached hydrogens (primary N) is 1. The fourth-order valence-corrected chi connectivity index (χ4v) is 2.06. The van der Waals surface area contributed by atoms with Gasteiger partial charge in [-0.15, -0.1) is 0 Å². The second-order valence-electron chi connectivity index (χ2n) is 5.51. The number of rotatable bonds is 7. The molecule has 1 heterocycles. The molecule has 5 nitrogen and oxygen atoms in total. The van der Waals surface area contributed by atoms with Crippen molar-refractivity contribution in [2.45, 2.75) is 38.8 Å². The number of nitrogens with one attached hydrogen (secondary N) is 1. The van der Waals surface area contributed by atoms with Gasteiger partial charge >= 0.3 is 5.69 Å². The Morgan fingerprint density at radius 3 is 2.90 bits per heavy atom. The molecule has 20 heavy (non-hydrogen) atoms. The van der Waals surface area contributed by atoms with Crippen molar-refractivity contribution in [3.8, 4) is 0 Å². The van der Waals surface area contributed by atoms with Crippen molar-refractivity contribution >= 4 is 11.0 Å². The van der Waals surface area contributed by atoms with Gasteiger partial charge in [-0.05, 0) is 31.9 Å². The van der Waals surface area contributed by atoms with Crippen LogP contribution in [-0.2, 0) is 11.3 Å². The van der Waals surface area contributed by atoms with Crippen LogP contribution in [0, 0.1) is 0 Å². The molecule has 0 bridgehead atoms. The largest absolute Gasteiger partial charge is 0.379 e. The number of nitrogens with zero attached hydrogens (tertiary/aromatic N) is 1. The first-order valence-corrected chi connectivity index (χ1v) is 7.08. The van der Waals surface area contributed by atoms with E-state index in [-0.39, 0.29) is 11.2 Å². The quantitative estimate of drug-likeness (QED) is 0.759. The number of aromatic nitrogens is 2. The maximum atomic E-state index is 11.9. The molecule has 5 heteroatoms. The van der Waals surface area contributed by atoms with Gasteiger partial charge in [-0.25, -0.2) is 4.79 Å². The van der Waals surface area contributed by atoms with Crippen LogP contribution in [0.2, 0.25) is 0 Å². The summed E-state index contributed by atoms with van der Waals surface area (Å²) in [6.07, 6.45) is 1.68. The molecule has 0 aliphatic heterocycles. The summed E-state index contributed by atoms with van der Waals surface area (Å²) in [6, 6.07) is 7.70. The number of para-hydroxylation sites is 2. The van der Waals surface area contributed by atoms with E-state index in [0.29, 0.717) is 19.8 Å². The zero-order valence-corrected chi connectivity index (χ0v) is 12.2. The summed E-state index contributed by atoms with van der Waals surface area (Å²) >= 11 is 0. The van der Waals surface area contributed by atoms with Crippen LogP contribution in [0.1, 0.15) is 26.7 Å². The molecule has 2 aromatic rings. The van der Waals surface area contributed by atoms with E-state index in [4.69, 9.17) is 10.5 Å². The summed E-state index contributed by atoms with van der Waals surface area (Å²) in [5.41, 5.74) is 7.49. The Labute approximate surface area is 118 Å². The number of ether oxygens (including phenoxy) is 1. The molecule has 110 valence electrons. The van der Waals surface area contributed by atoms with E-state index in [1.807, 2.05) is 31.2 Å². The highest BCUT2D eigenvalue weighted by Crippen LogP contribution is 2.09. The number of aromatic amines is 1. The van der Waals surface area contributed by atoms with Gasteiger partial charge in [-0.1, -0.05) is 19.1 Å². The zero-order valence-electron chi connectivity index (χ0n) is 12.2. The van der Waals surface area contributed by atoms with Gasteiger partial charge in [-0.2, -0.15) is 0 Å². The average molecular weight is 277 g/mol. The summed E-state index contributed by atoms with van der Waals surface area (Å²) in [6.45, 7) is 5.84. The third-order valence-electron chi connectivity index (χ3n) is 3.59. The van der Waals surface area contributed by atoms with E-state index in [2.05, 4.69) is 11.9 Å². The van der Waals surface area contributed by atoms with Crippen LogP contribution in [0.4, 0.5) is 0 Å². The van der Waals surface area contributed by atoms with Gasteiger partial charge in [0, 0.05) is 18.7 Å². The van der Waals surface area contributed by atoms with Crippen LogP contribution < -0.4 is 11.4 Å². The number of aryl methyl sites for hydroxylation is 1. The van der Waals surface area contributed by atoms with E-state index in [0.717, 1.165) is 23.9 Å². The molecule has 0 amide bonds. The van der Waals surface area contributed by atoms with Crippen LogP contribution in [0.3, 0.4) is 0 Å². The molecule has 0 aliphatic carbocycles. The zero-order chi connectivity index (χ0) is 14.6. The molecule has 0 fully saturated rings. The van der Waals surface area contributed by atoms with Gasteiger partial charge in [0.1, 0.15) is 0 Å². The van der Waals surface area contributed by atoms with Crippen LogP contribution in [0.25, 0.3) is 11.0 Å². The fraction of sp³-hybridized carbons (Fsp3) is 0.533. The Morgan fingerprint density at radius 2 is 2.15 bits per heavy atom. The van der Waals surface area contributed by atoms with Crippen LogP contribution >= 0.6 is 0 Å². The van der Waals surface area contributed by atoms with Gasteiger partial charge in [0.05, 0.1) is 17.6 Å². The van der Waals surface area contributed by atoms with E-state index in [1.54, 1.807) is 4.57 Å². The Bertz CT molecular complexity index is 613. The summed E-state index contributed by atoms with van der Waals surface area (Å²) in [4.78, 5) is 14.7. The van der Waals surface area contributed by atoms with Crippen molar-refractivity contribution in [1.82, 2.24) is 9.55 Å². The van der Waals surface area contributed by atoms with Gasteiger partial charge < -0.3 is 15.5 Å². The topological polar surface area (TPSA) is 73.0 Å². The van der Waals surface area contributed by atoms with Crippen molar-refractivity contribution in [3.63, 3.8) is 0 Å². The second kappa shape index (κ2) is 6.24. The highest BCUT2D eigenvalue weighted by atomic mass is 16.5. The lowest BCUT2D eigenvalue weighted by Crippen LogP contribution is -2.40. The standard InChI is InChI=1S/C15H23N3O2/c1-3-15(2,16)11-20-10-6-9-18-13-8-5-4-7-12(13)17-14(18)19/h4-5,7-8H,3,6,9-11,16H2,1-2H3,(H,17,19). The SMILES string of the molecule is CCC(C)(N)COCCCn1c(=O)[nH]c2ccccc21. The number of hydrogen-bond donors (Lipinski definition) is 2. The molecule has 0 saturated carbocycles. The summed E-state index contributed by atoms with van der Waals surface area (Å²) in [7, 11) is 0. The average Bonchev–Trinajstić information content (AvgIpc) is 2.74. The Kier molecular flexibility index (Phi) is 4.62. The van der Waals surface area contributed by atoms with Gasteiger partial charge in [0.25, 0.3) is 0 Å². The highest BCUT2D eigenvalue weighted by Gasteiger charge is 2.15. The highest BCUT2D eigenvalue weighted by molar-refractivity contribution is 5.74. The molecule has 1 aromatic carbocycles.